The summed E-state index contributed by atoms with van der Waals surface area (Å²) in [5.74, 6) is 0. The molecule has 3 nitrogen and oxygen atoms in total. The van der Waals surface area contributed by atoms with Gasteiger partial charge in [0.25, 0.3) is 0 Å². The Morgan fingerprint density at radius 1 is 1.88 bits per heavy atom. The van der Waals surface area contributed by atoms with Gasteiger partial charge in [0.15, 0.2) is 6.39 Å². The number of rotatable bonds is 1. The highest BCUT2D eigenvalue weighted by atomic mass is 127. The molecule has 0 unspecified atom stereocenters. The zero-order valence-electron chi connectivity index (χ0n) is 3.91. The van der Waals surface area contributed by atoms with E-state index >= 15 is 0 Å². The van der Waals surface area contributed by atoms with E-state index in [4.69, 9.17) is 0 Å². The van der Waals surface area contributed by atoms with Crippen LogP contribution in [0.25, 0.3) is 0 Å². The molecule has 0 saturated carbocycles. The van der Waals surface area contributed by atoms with Crippen LogP contribution in [-0.4, -0.2) is 11.2 Å². The van der Waals surface area contributed by atoms with Crippen LogP contribution in [0.4, 0.5) is 0 Å². The van der Waals surface area contributed by atoms with Gasteiger partial charge in [0.05, 0.1) is 29.1 Å². The molecule has 0 N–H and O–H groups in total. The molecule has 1 heterocycles. The second-order valence-electron chi connectivity index (χ2n) is 1.14. The summed E-state index contributed by atoms with van der Waals surface area (Å²) >= 11 is 1.88. The van der Waals surface area contributed by atoms with Crippen LogP contribution < -0.4 is 0 Å². The minimum Gasteiger partial charge on any atom is -0.451 e. The van der Waals surface area contributed by atoms with Crippen molar-refractivity contribution >= 4 is 29.1 Å². The Morgan fingerprint density at radius 3 is 3.25 bits per heavy atom. The Balaban J connectivity index is 2.77. The lowest BCUT2D eigenvalue weighted by atomic mass is 10.5. The Hall–Kier alpha value is -0.390. The maximum Gasteiger partial charge on any atom is 0.181 e. The number of aromatic nitrogens is 1. The quantitative estimate of drug-likeness (QED) is 0.532. The average Bonchev–Trinajstić information content (AvgIpc) is 2.19. The lowest BCUT2D eigenvalue weighted by Crippen LogP contribution is -1.73. The van der Waals surface area contributed by atoms with Gasteiger partial charge in [-0.05, 0) is 0 Å². The van der Waals surface area contributed by atoms with E-state index in [1.54, 1.807) is 6.21 Å². The first-order valence-electron chi connectivity index (χ1n) is 1.96. The first kappa shape index (κ1) is 5.74. The van der Waals surface area contributed by atoms with Crippen LogP contribution >= 0.6 is 22.9 Å². The van der Waals surface area contributed by atoms with Crippen LogP contribution in [0.5, 0.6) is 0 Å². The van der Waals surface area contributed by atoms with E-state index in [0.29, 0.717) is 0 Å². The van der Waals surface area contributed by atoms with Gasteiger partial charge < -0.3 is 4.42 Å². The molecule has 0 spiro atoms. The zero-order valence-corrected chi connectivity index (χ0v) is 6.07. The normalized spacial score (nSPS) is 10.6. The van der Waals surface area contributed by atoms with E-state index in [1.165, 1.54) is 12.7 Å². The van der Waals surface area contributed by atoms with Crippen LogP contribution in [0.3, 0.4) is 0 Å². The smallest absolute Gasteiger partial charge is 0.181 e. The van der Waals surface area contributed by atoms with Gasteiger partial charge in [0.1, 0.15) is 12.0 Å². The van der Waals surface area contributed by atoms with Crippen molar-refractivity contribution in [2.75, 3.05) is 0 Å². The Bertz CT molecular complexity index is 170. The van der Waals surface area contributed by atoms with E-state index in [0.717, 1.165) is 5.69 Å². The van der Waals surface area contributed by atoms with Crippen LogP contribution in [0.1, 0.15) is 5.69 Å². The molecule has 1 aromatic heterocycles. The van der Waals surface area contributed by atoms with Gasteiger partial charge in [0, 0.05) is 0 Å². The summed E-state index contributed by atoms with van der Waals surface area (Å²) in [6.07, 6.45) is 4.51. The lowest BCUT2D eigenvalue weighted by Gasteiger charge is -1.69. The predicted molar refractivity (Wildman–Crippen MR) is 38.1 cm³/mol. The molecular formula is C4H3IN2O. The van der Waals surface area contributed by atoms with Crippen molar-refractivity contribution < 1.29 is 4.42 Å². The molecule has 0 aliphatic carbocycles. The van der Waals surface area contributed by atoms with E-state index in [9.17, 15) is 0 Å². The summed E-state index contributed by atoms with van der Waals surface area (Å²) in [5.41, 5.74) is 0.749. The molecule has 42 valence electrons. The molecule has 0 saturated heterocycles. The molecule has 0 bridgehead atoms. The SMILES string of the molecule is I/N=C\c1cocn1. The molecule has 0 radical (unpaired) electrons. The summed E-state index contributed by atoms with van der Waals surface area (Å²) in [4.78, 5) is 3.79. The van der Waals surface area contributed by atoms with Crippen LogP contribution in [-0.2, 0) is 0 Å². The third-order valence-electron chi connectivity index (χ3n) is 0.632. The summed E-state index contributed by atoms with van der Waals surface area (Å²) < 4.78 is 8.36. The van der Waals surface area contributed by atoms with Crippen LogP contribution in [0.2, 0.25) is 0 Å². The van der Waals surface area contributed by atoms with Crippen molar-refractivity contribution in [3.05, 3.63) is 18.4 Å². The summed E-state index contributed by atoms with van der Waals surface area (Å²) in [6, 6.07) is 0. The van der Waals surface area contributed by atoms with Gasteiger partial charge >= 0.3 is 0 Å². The van der Waals surface area contributed by atoms with E-state index < -0.39 is 0 Å². The number of oxazole rings is 1. The molecule has 0 aliphatic rings. The van der Waals surface area contributed by atoms with Gasteiger partial charge in [-0.25, -0.2) is 8.19 Å². The zero-order chi connectivity index (χ0) is 5.82. The van der Waals surface area contributed by atoms with Gasteiger partial charge in [-0.15, -0.1) is 0 Å². The monoisotopic (exact) mass is 222 g/mol. The minimum absolute atomic E-state index is 0.749. The van der Waals surface area contributed by atoms with Gasteiger partial charge in [0.2, 0.25) is 0 Å². The van der Waals surface area contributed by atoms with Crippen molar-refractivity contribution in [2.45, 2.75) is 0 Å². The van der Waals surface area contributed by atoms with E-state index in [2.05, 4.69) is 12.6 Å². The molecule has 1 aromatic rings. The fourth-order valence-electron chi connectivity index (χ4n) is 0.336. The van der Waals surface area contributed by atoms with Crippen molar-refractivity contribution in [1.29, 1.82) is 0 Å². The fraction of sp³-hybridized carbons (Fsp3) is 0. The van der Waals surface area contributed by atoms with E-state index in [-0.39, 0.29) is 0 Å². The number of hydrogen-bond donors (Lipinski definition) is 0. The highest BCUT2D eigenvalue weighted by Crippen LogP contribution is 1.90. The Morgan fingerprint density at radius 2 is 2.75 bits per heavy atom. The Kier molecular flexibility index (Phi) is 2.01. The van der Waals surface area contributed by atoms with Crippen molar-refractivity contribution in [3.8, 4) is 0 Å². The van der Waals surface area contributed by atoms with Gasteiger partial charge in [-0.2, -0.15) is 0 Å². The predicted octanol–water partition coefficient (Wildman–Crippen LogP) is 1.44. The fourth-order valence-corrected chi connectivity index (χ4v) is 0.621. The van der Waals surface area contributed by atoms with Crippen molar-refractivity contribution in [2.24, 2.45) is 3.21 Å². The lowest BCUT2D eigenvalue weighted by molar-refractivity contribution is 0.557. The molecule has 0 fully saturated rings. The highest BCUT2D eigenvalue weighted by molar-refractivity contribution is 14.1. The molecule has 0 aromatic carbocycles. The maximum atomic E-state index is 4.66. The molecule has 4 heteroatoms. The number of nitrogens with zero attached hydrogens (tertiary/aromatic N) is 2. The summed E-state index contributed by atoms with van der Waals surface area (Å²) in [7, 11) is 0. The average molecular weight is 222 g/mol. The largest absolute Gasteiger partial charge is 0.451 e. The van der Waals surface area contributed by atoms with Crippen LogP contribution in [0, 0.1) is 0 Å². The molecule has 0 atom stereocenters. The second kappa shape index (κ2) is 2.81. The van der Waals surface area contributed by atoms with Crippen molar-refractivity contribution in [3.63, 3.8) is 0 Å². The van der Waals surface area contributed by atoms with Crippen LogP contribution in [0.15, 0.2) is 20.3 Å². The summed E-state index contributed by atoms with van der Waals surface area (Å²) in [6.45, 7) is 0. The third kappa shape index (κ3) is 1.29. The van der Waals surface area contributed by atoms with Crippen molar-refractivity contribution in [1.82, 2.24) is 4.98 Å². The first-order chi connectivity index (χ1) is 3.93. The Labute approximate surface area is 60.3 Å². The molecule has 1 rings (SSSR count). The number of hydrogen-bond acceptors (Lipinski definition) is 3. The summed E-state index contributed by atoms with van der Waals surface area (Å²) in [5, 5.41) is 0. The van der Waals surface area contributed by atoms with Gasteiger partial charge in [-0.3, -0.25) is 0 Å². The molecule has 8 heavy (non-hydrogen) atoms. The first-order valence-corrected chi connectivity index (χ1v) is 2.92. The van der Waals surface area contributed by atoms with E-state index in [1.807, 2.05) is 22.9 Å². The molecule has 0 aliphatic heterocycles. The second-order valence-corrected chi connectivity index (χ2v) is 1.70. The highest BCUT2D eigenvalue weighted by Gasteiger charge is 1.85. The minimum atomic E-state index is 0.749. The van der Waals surface area contributed by atoms with Gasteiger partial charge in [-0.1, -0.05) is 0 Å². The standard InChI is InChI=1S/C4H3IN2O/c5-7-1-4-2-8-3-6-4/h1-3H/b7-1-. The maximum absolute atomic E-state index is 4.66. The topological polar surface area (TPSA) is 38.4 Å². The molecular weight excluding hydrogens is 219 g/mol. The number of halogens is 1. The molecule has 0 amide bonds. The third-order valence-corrected chi connectivity index (χ3v) is 0.911.